The van der Waals surface area contributed by atoms with E-state index in [2.05, 4.69) is 4.98 Å². The SMILES string of the molecule is COc1ccc(Cl)c2sc(N(CCN(C)C)C(=O)c3cccc([N+](=O)[O-])c3)nc12. The van der Waals surface area contributed by atoms with Crippen molar-refractivity contribution in [3.63, 3.8) is 0 Å². The first-order chi connectivity index (χ1) is 13.8. The number of thiazole rings is 1. The third-order valence-electron chi connectivity index (χ3n) is 4.22. The van der Waals surface area contributed by atoms with Gasteiger partial charge in [-0.3, -0.25) is 19.8 Å². The van der Waals surface area contributed by atoms with Crippen molar-refractivity contribution >= 4 is 49.9 Å². The summed E-state index contributed by atoms with van der Waals surface area (Å²) >= 11 is 7.59. The van der Waals surface area contributed by atoms with Crippen LogP contribution in [0.3, 0.4) is 0 Å². The molecule has 0 spiro atoms. The van der Waals surface area contributed by atoms with Crippen LogP contribution in [-0.4, -0.2) is 55.0 Å². The average Bonchev–Trinajstić information content (AvgIpc) is 3.14. The normalized spacial score (nSPS) is 11.1. The zero-order chi connectivity index (χ0) is 21.1. The highest BCUT2D eigenvalue weighted by molar-refractivity contribution is 7.23. The lowest BCUT2D eigenvalue weighted by Crippen LogP contribution is -2.36. The van der Waals surface area contributed by atoms with Gasteiger partial charge in [0.25, 0.3) is 11.6 Å². The molecule has 10 heteroatoms. The number of anilines is 1. The average molecular weight is 435 g/mol. The Bertz CT molecular complexity index is 1070. The Morgan fingerprint density at radius 3 is 2.69 bits per heavy atom. The fourth-order valence-corrected chi connectivity index (χ4v) is 3.99. The molecular weight excluding hydrogens is 416 g/mol. The van der Waals surface area contributed by atoms with Crippen LogP contribution in [0.25, 0.3) is 10.2 Å². The number of ether oxygens (including phenoxy) is 1. The first kappa shape index (κ1) is 21.0. The van der Waals surface area contributed by atoms with Crippen molar-refractivity contribution in [2.75, 3.05) is 39.2 Å². The van der Waals surface area contributed by atoms with Crippen LogP contribution in [0.4, 0.5) is 10.8 Å². The predicted molar refractivity (Wildman–Crippen MR) is 115 cm³/mol. The minimum atomic E-state index is -0.525. The van der Waals surface area contributed by atoms with E-state index in [1.54, 1.807) is 25.3 Å². The first-order valence-electron chi connectivity index (χ1n) is 8.66. The summed E-state index contributed by atoms with van der Waals surface area (Å²) in [5.41, 5.74) is 0.648. The molecule has 0 aliphatic rings. The number of nitro groups is 1. The van der Waals surface area contributed by atoms with Gasteiger partial charge in [0, 0.05) is 30.8 Å². The van der Waals surface area contributed by atoms with E-state index in [0.29, 0.717) is 39.2 Å². The third-order valence-corrected chi connectivity index (χ3v) is 5.76. The van der Waals surface area contributed by atoms with Crippen molar-refractivity contribution in [2.24, 2.45) is 0 Å². The number of hydrogen-bond acceptors (Lipinski definition) is 7. The second kappa shape index (κ2) is 8.73. The molecule has 0 radical (unpaired) electrons. The van der Waals surface area contributed by atoms with Gasteiger partial charge in [0.15, 0.2) is 5.13 Å². The minimum Gasteiger partial charge on any atom is -0.494 e. The molecular formula is C19H19ClN4O4S. The molecule has 152 valence electrons. The van der Waals surface area contributed by atoms with Crippen molar-refractivity contribution in [3.05, 3.63) is 57.1 Å². The van der Waals surface area contributed by atoms with E-state index in [0.717, 1.165) is 0 Å². The number of amides is 1. The van der Waals surface area contributed by atoms with Crippen LogP contribution in [0.1, 0.15) is 10.4 Å². The van der Waals surface area contributed by atoms with Crippen LogP contribution < -0.4 is 9.64 Å². The van der Waals surface area contributed by atoms with Crippen molar-refractivity contribution in [3.8, 4) is 5.75 Å². The molecule has 1 heterocycles. The maximum absolute atomic E-state index is 13.2. The van der Waals surface area contributed by atoms with Crippen LogP contribution in [-0.2, 0) is 0 Å². The molecule has 0 bridgehead atoms. The van der Waals surface area contributed by atoms with Crippen molar-refractivity contribution in [1.82, 2.24) is 9.88 Å². The van der Waals surface area contributed by atoms with Crippen molar-refractivity contribution in [2.45, 2.75) is 0 Å². The molecule has 0 unspecified atom stereocenters. The molecule has 0 saturated heterocycles. The van der Waals surface area contributed by atoms with Gasteiger partial charge < -0.3 is 9.64 Å². The zero-order valence-corrected chi connectivity index (χ0v) is 17.7. The van der Waals surface area contributed by atoms with Crippen molar-refractivity contribution in [1.29, 1.82) is 0 Å². The van der Waals surface area contributed by atoms with Gasteiger partial charge in [0.2, 0.25) is 0 Å². The van der Waals surface area contributed by atoms with E-state index in [4.69, 9.17) is 16.3 Å². The Kier molecular flexibility index (Phi) is 6.31. The minimum absolute atomic E-state index is 0.141. The number of nitrogens with zero attached hydrogens (tertiary/aromatic N) is 4. The lowest BCUT2D eigenvalue weighted by molar-refractivity contribution is -0.384. The number of halogens is 1. The second-order valence-corrected chi connectivity index (χ2v) is 7.88. The number of nitro benzene ring substituents is 1. The fourth-order valence-electron chi connectivity index (χ4n) is 2.71. The smallest absolute Gasteiger partial charge is 0.270 e. The molecule has 8 nitrogen and oxygen atoms in total. The molecule has 0 saturated carbocycles. The van der Waals surface area contributed by atoms with E-state index >= 15 is 0 Å². The zero-order valence-electron chi connectivity index (χ0n) is 16.1. The van der Waals surface area contributed by atoms with Crippen LogP contribution in [0.15, 0.2) is 36.4 Å². The number of likely N-dealkylation sites (N-methyl/N-ethyl adjacent to an activating group) is 1. The summed E-state index contributed by atoms with van der Waals surface area (Å²) in [7, 11) is 5.34. The predicted octanol–water partition coefficient (Wildman–Crippen LogP) is 4.07. The summed E-state index contributed by atoms with van der Waals surface area (Å²) in [6.07, 6.45) is 0. The lowest BCUT2D eigenvalue weighted by Gasteiger charge is -2.22. The number of methoxy groups -OCH3 is 1. The Balaban J connectivity index is 2.07. The van der Waals surface area contributed by atoms with Gasteiger partial charge in [0.05, 0.1) is 21.8 Å². The Labute approximate surface area is 176 Å². The molecule has 29 heavy (non-hydrogen) atoms. The van der Waals surface area contributed by atoms with Gasteiger partial charge in [-0.2, -0.15) is 0 Å². The van der Waals surface area contributed by atoms with Crippen LogP contribution >= 0.6 is 22.9 Å². The van der Waals surface area contributed by atoms with Crippen LogP contribution in [0.2, 0.25) is 5.02 Å². The van der Waals surface area contributed by atoms with Gasteiger partial charge in [-0.1, -0.05) is 29.0 Å². The van der Waals surface area contributed by atoms with E-state index in [9.17, 15) is 14.9 Å². The molecule has 1 aromatic heterocycles. The maximum atomic E-state index is 13.2. The Morgan fingerprint density at radius 1 is 1.28 bits per heavy atom. The molecule has 3 rings (SSSR count). The second-order valence-electron chi connectivity index (χ2n) is 6.49. The number of carbonyl (C=O) groups is 1. The quantitative estimate of drug-likeness (QED) is 0.411. The van der Waals surface area contributed by atoms with Gasteiger partial charge in [0.1, 0.15) is 11.3 Å². The van der Waals surface area contributed by atoms with Gasteiger partial charge in [-0.15, -0.1) is 0 Å². The van der Waals surface area contributed by atoms with E-state index in [1.165, 1.54) is 34.4 Å². The third kappa shape index (κ3) is 4.47. The number of carbonyl (C=O) groups excluding carboxylic acids is 1. The number of fused-ring (bicyclic) bond motifs is 1. The largest absolute Gasteiger partial charge is 0.494 e. The van der Waals surface area contributed by atoms with Gasteiger partial charge >= 0.3 is 0 Å². The van der Waals surface area contributed by atoms with E-state index in [1.807, 2.05) is 19.0 Å². The number of aromatic nitrogens is 1. The summed E-state index contributed by atoms with van der Waals surface area (Å²) in [4.78, 5) is 31.8. The Morgan fingerprint density at radius 2 is 2.03 bits per heavy atom. The van der Waals surface area contributed by atoms with Crippen LogP contribution in [0, 0.1) is 10.1 Å². The number of hydrogen-bond donors (Lipinski definition) is 0. The highest BCUT2D eigenvalue weighted by atomic mass is 35.5. The fraction of sp³-hybridized carbons (Fsp3) is 0.263. The summed E-state index contributed by atoms with van der Waals surface area (Å²) in [6, 6.07) is 9.11. The van der Waals surface area contributed by atoms with Gasteiger partial charge in [-0.25, -0.2) is 4.98 Å². The van der Waals surface area contributed by atoms with E-state index in [-0.39, 0.29) is 17.2 Å². The standard InChI is InChI=1S/C19H19ClN4O4S/c1-22(2)9-10-23(18(25)12-5-4-6-13(11-12)24(26)27)19-21-16-15(28-3)8-7-14(20)17(16)29-19/h4-8,11H,9-10H2,1-3H3. The summed E-state index contributed by atoms with van der Waals surface area (Å²) in [5.74, 6) is 0.187. The molecule has 1 amide bonds. The van der Waals surface area contributed by atoms with Gasteiger partial charge in [-0.05, 0) is 32.3 Å². The lowest BCUT2D eigenvalue weighted by atomic mass is 10.2. The number of non-ortho nitro benzene ring substituents is 1. The number of benzene rings is 2. The summed E-state index contributed by atoms with van der Waals surface area (Å²) in [6.45, 7) is 0.940. The highest BCUT2D eigenvalue weighted by Gasteiger charge is 2.24. The molecule has 0 fully saturated rings. The molecule has 0 aliphatic carbocycles. The Hall–Kier alpha value is -2.75. The van der Waals surface area contributed by atoms with Crippen molar-refractivity contribution < 1.29 is 14.5 Å². The van der Waals surface area contributed by atoms with E-state index < -0.39 is 4.92 Å². The number of rotatable bonds is 7. The summed E-state index contributed by atoms with van der Waals surface area (Å²) in [5, 5.41) is 12.1. The topological polar surface area (TPSA) is 88.8 Å². The molecule has 3 aromatic rings. The monoisotopic (exact) mass is 434 g/mol. The molecule has 0 atom stereocenters. The molecule has 2 aromatic carbocycles. The maximum Gasteiger partial charge on any atom is 0.270 e. The summed E-state index contributed by atoms with van der Waals surface area (Å²) < 4.78 is 6.07. The molecule has 0 N–H and O–H groups in total. The molecule has 0 aliphatic heterocycles. The first-order valence-corrected chi connectivity index (χ1v) is 9.85. The highest BCUT2D eigenvalue weighted by Crippen LogP contribution is 2.39. The van der Waals surface area contributed by atoms with Crippen LogP contribution in [0.5, 0.6) is 5.75 Å².